The Hall–Kier alpha value is 0.0900. The van der Waals surface area contributed by atoms with Crippen LogP contribution in [0.1, 0.15) is 32.1 Å². The molecular formula is C9H16S. The standard InChI is InChI=1S/C9H16S/c1-8(10-2)9-6-4-3-5-7-9/h9H,1,3-7H2,2H3. The molecule has 0 amide bonds. The first kappa shape index (κ1) is 8.19. The van der Waals surface area contributed by atoms with Gasteiger partial charge in [-0.2, -0.15) is 0 Å². The average Bonchev–Trinajstić information content (AvgIpc) is 2.05. The molecule has 0 aromatic heterocycles. The van der Waals surface area contributed by atoms with Gasteiger partial charge in [-0.3, -0.25) is 0 Å². The minimum Gasteiger partial charge on any atom is -0.134 e. The highest BCUT2D eigenvalue weighted by atomic mass is 32.2. The predicted molar refractivity (Wildman–Crippen MR) is 49.2 cm³/mol. The lowest BCUT2D eigenvalue weighted by Gasteiger charge is -2.22. The molecule has 1 fully saturated rings. The Morgan fingerprint density at radius 2 is 1.90 bits per heavy atom. The van der Waals surface area contributed by atoms with E-state index in [1.807, 2.05) is 11.8 Å². The molecule has 0 nitrogen and oxygen atoms in total. The number of hydrogen-bond acceptors (Lipinski definition) is 1. The highest BCUT2D eigenvalue weighted by Gasteiger charge is 2.14. The second kappa shape index (κ2) is 4.07. The predicted octanol–water partition coefficient (Wildman–Crippen LogP) is 3.44. The second-order valence-electron chi connectivity index (χ2n) is 3.01. The van der Waals surface area contributed by atoms with Crippen LogP contribution in [0.5, 0.6) is 0 Å². The zero-order valence-corrected chi connectivity index (χ0v) is 7.54. The van der Waals surface area contributed by atoms with Crippen molar-refractivity contribution in [1.82, 2.24) is 0 Å². The van der Waals surface area contributed by atoms with Gasteiger partial charge in [-0.1, -0.05) is 25.8 Å². The lowest BCUT2D eigenvalue weighted by molar-refractivity contribution is 0.415. The minimum absolute atomic E-state index is 0.837. The molecule has 0 unspecified atom stereocenters. The van der Waals surface area contributed by atoms with E-state index in [2.05, 4.69) is 12.8 Å². The van der Waals surface area contributed by atoms with Crippen LogP contribution in [0, 0.1) is 5.92 Å². The summed E-state index contributed by atoms with van der Waals surface area (Å²) in [6, 6.07) is 0. The van der Waals surface area contributed by atoms with E-state index in [1.54, 1.807) is 0 Å². The summed E-state index contributed by atoms with van der Waals surface area (Å²) >= 11 is 1.84. The monoisotopic (exact) mass is 156 g/mol. The van der Waals surface area contributed by atoms with Gasteiger partial charge in [-0.25, -0.2) is 0 Å². The van der Waals surface area contributed by atoms with E-state index in [0.717, 1.165) is 5.92 Å². The van der Waals surface area contributed by atoms with Crippen molar-refractivity contribution in [1.29, 1.82) is 0 Å². The maximum absolute atomic E-state index is 4.06. The fourth-order valence-corrected chi connectivity index (χ4v) is 2.16. The second-order valence-corrected chi connectivity index (χ2v) is 3.94. The highest BCUT2D eigenvalue weighted by molar-refractivity contribution is 8.02. The van der Waals surface area contributed by atoms with Crippen LogP contribution in [0.3, 0.4) is 0 Å². The van der Waals surface area contributed by atoms with E-state index in [0.29, 0.717) is 0 Å². The van der Waals surface area contributed by atoms with Crippen molar-refractivity contribution in [2.24, 2.45) is 5.92 Å². The van der Waals surface area contributed by atoms with Crippen LogP contribution >= 0.6 is 11.8 Å². The van der Waals surface area contributed by atoms with Crippen molar-refractivity contribution < 1.29 is 0 Å². The van der Waals surface area contributed by atoms with Gasteiger partial charge >= 0.3 is 0 Å². The SMILES string of the molecule is C=C(SC)C1CCCCC1. The number of rotatable bonds is 2. The lowest BCUT2D eigenvalue weighted by atomic mass is 9.89. The van der Waals surface area contributed by atoms with Gasteiger partial charge < -0.3 is 0 Å². The Morgan fingerprint density at radius 3 is 2.40 bits per heavy atom. The number of thioether (sulfide) groups is 1. The molecule has 0 N–H and O–H groups in total. The number of hydrogen-bond donors (Lipinski definition) is 0. The van der Waals surface area contributed by atoms with Gasteiger partial charge in [-0.05, 0) is 29.9 Å². The summed E-state index contributed by atoms with van der Waals surface area (Å²) < 4.78 is 0. The smallest absolute Gasteiger partial charge is 0.0108 e. The fraction of sp³-hybridized carbons (Fsp3) is 0.778. The van der Waals surface area contributed by atoms with Crippen molar-refractivity contribution in [3.63, 3.8) is 0 Å². The fourth-order valence-electron chi connectivity index (χ4n) is 1.59. The summed E-state index contributed by atoms with van der Waals surface area (Å²) in [4.78, 5) is 1.40. The molecule has 0 atom stereocenters. The third-order valence-corrected chi connectivity index (χ3v) is 3.18. The molecule has 1 aliphatic carbocycles. The Kier molecular flexibility index (Phi) is 3.33. The van der Waals surface area contributed by atoms with Gasteiger partial charge in [0.25, 0.3) is 0 Å². The van der Waals surface area contributed by atoms with Crippen LogP contribution in [0.15, 0.2) is 11.5 Å². The molecule has 0 bridgehead atoms. The number of allylic oxidation sites excluding steroid dienone is 1. The van der Waals surface area contributed by atoms with Crippen LogP contribution in [0.2, 0.25) is 0 Å². The van der Waals surface area contributed by atoms with Crippen LogP contribution in [0.4, 0.5) is 0 Å². The average molecular weight is 156 g/mol. The first-order valence-electron chi connectivity index (χ1n) is 4.07. The molecule has 0 spiro atoms. The Labute approximate surface area is 68.1 Å². The largest absolute Gasteiger partial charge is 0.134 e. The third-order valence-electron chi connectivity index (χ3n) is 2.32. The first-order valence-corrected chi connectivity index (χ1v) is 5.30. The van der Waals surface area contributed by atoms with E-state index >= 15 is 0 Å². The Bertz CT molecular complexity index is 112. The molecule has 1 saturated carbocycles. The van der Waals surface area contributed by atoms with Crippen molar-refractivity contribution >= 4 is 11.8 Å². The maximum Gasteiger partial charge on any atom is -0.0108 e. The van der Waals surface area contributed by atoms with Gasteiger partial charge in [0, 0.05) is 0 Å². The van der Waals surface area contributed by atoms with E-state index in [9.17, 15) is 0 Å². The molecule has 0 aliphatic heterocycles. The molecular weight excluding hydrogens is 140 g/mol. The zero-order valence-electron chi connectivity index (χ0n) is 6.73. The van der Waals surface area contributed by atoms with E-state index in [-0.39, 0.29) is 0 Å². The summed E-state index contributed by atoms with van der Waals surface area (Å²) in [7, 11) is 0. The minimum atomic E-state index is 0.837. The Morgan fingerprint density at radius 1 is 1.30 bits per heavy atom. The zero-order chi connectivity index (χ0) is 7.40. The Balaban J connectivity index is 2.31. The molecule has 0 aromatic carbocycles. The molecule has 1 rings (SSSR count). The van der Waals surface area contributed by atoms with Crippen LogP contribution in [-0.2, 0) is 0 Å². The molecule has 1 aliphatic rings. The lowest BCUT2D eigenvalue weighted by Crippen LogP contribution is -2.06. The molecule has 0 radical (unpaired) electrons. The van der Waals surface area contributed by atoms with E-state index in [4.69, 9.17) is 0 Å². The summed E-state index contributed by atoms with van der Waals surface area (Å²) in [5.41, 5.74) is 0. The summed E-state index contributed by atoms with van der Waals surface area (Å²) in [5.74, 6) is 0.837. The van der Waals surface area contributed by atoms with Crippen LogP contribution in [0.25, 0.3) is 0 Å². The summed E-state index contributed by atoms with van der Waals surface area (Å²) in [6.07, 6.45) is 9.20. The topological polar surface area (TPSA) is 0 Å². The molecule has 0 saturated heterocycles. The van der Waals surface area contributed by atoms with Crippen molar-refractivity contribution in [3.8, 4) is 0 Å². The van der Waals surface area contributed by atoms with Gasteiger partial charge in [-0.15, -0.1) is 11.8 Å². The maximum atomic E-state index is 4.06. The van der Waals surface area contributed by atoms with Crippen LogP contribution < -0.4 is 0 Å². The van der Waals surface area contributed by atoms with Gasteiger partial charge in [0.05, 0.1) is 0 Å². The van der Waals surface area contributed by atoms with E-state index in [1.165, 1.54) is 37.0 Å². The van der Waals surface area contributed by atoms with Crippen molar-refractivity contribution in [2.75, 3.05) is 6.26 Å². The summed E-state index contributed by atoms with van der Waals surface area (Å²) in [6.45, 7) is 4.06. The molecule has 58 valence electrons. The van der Waals surface area contributed by atoms with Gasteiger partial charge in [0.1, 0.15) is 0 Å². The molecule has 0 aromatic rings. The van der Waals surface area contributed by atoms with E-state index < -0.39 is 0 Å². The third kappa shape index (κ3) is 2.05. The van der Waals surface area contributed by atoms with Gasteiger partial charge in [0.15, 0.2) is 0 Å². The normalized spacial score (nSPS) is 20.9. The van der Waals surface area contributed by atoms with Crippen molar-refractivity contribution in [2.45, 2.75) is 32.1 Å². The first-order chi connectivity index (χ1) is 4.84. The van der Waals surface area contributed by atoms with Crippen LogP contribution in [-0.4, -0.2) is 6.26 Å². The molecule has 0 heterocycles. The highest BCUT2D eigenvalue weighted by Crippen LogP contribution is 2.33. The molecule has 1 heteroatoms. The summed E-state index contributed by atoms with van der Waals surface area (Å²) in [5, 5.41) is 0. The van der Waals surface area contributed by atoms with Crippen molar-refractivity contribution in [3.05, 3.63) is 11.5 Å². The molecule has 10 heavy (non-hydrogen) atoms. The quantitative estimate of drug-likeness (QED) is 0.590. The van der Waals surface area contributed by atoms with Gasteiger partial charge in [0.2, 0.25) is 0 Å².